The summed E-state index contributed by atoms with van der Waals surface area (Å²) in [4.78, 5) is 12.6. The summed E-state index contributed by atoms with van der Waals surface area (Å²) in [5.74, 6) is -1.44. The Morgan fingerprint density at radius 3 is 1.09 bits per heavy atom. The Bertz CT molecular complexity index is 762. The van der Waals surface area contributed by atoms with Crippen molar-refractivity contribution in [2.75, 3.05) is 5.75 Å². The zero-order valence-electron chi connectivity index (χ0n) is 30.3. The Morgan fingerprint density at radius 1 is 0.500 bits per heavy atom. The smallest absolute Gasteiger partial charge is 0.266 e. The average molecular weight is 676 g/mol. The lowest BCUT2D eigenvalue weighted by Crippen LogP contribution is -2.50. The Balaban J connectivity index is 3.93. The fraction of sp³-hybridized carbons (Fsp3) is 0.974. The Morgan fingerprint density at radius 2 is 0.783 bits per heavy atom. The van der Waals surface area contributed by atoms with E-state index < -0.39 is 40.0 Å². The molecule has 46 heavy (non-hydrogen) atoms. The second kappa shape index (κ2) is 32.8. The number of amides is 1. The van der Waals surface area contributed by atoms with Gasteiger partial charge in [0.05, 0.1) is 17.9 Å². The van der Waals surface area contributed by atoms with Crippen LogP contribution in [-0.4, -0.2) is 53.1 Å². The van der Waals surface area contributed by atoms with Gasteiger partial charge in [-0.1, -0.05) is 200 Å². The summed E-state index contributed by atoms with van der Waals surface area (Å²) in [5, 5.41) is 23.5. The van der Waals surface area contributed by atoms with Gasteiger partial charge in [-0.25, -0.2) is 0 Å². The lowest BCUT2D eigenvalue weighted by molar-refractivity contribution is -0.131. The van der Waals surface area contributed by atoms with E-state index in [9.17, 15) is 28.0 Å². The van der Waals surface area contributed by atoms with Crippen LogP contribution in [0.2, 0.25) is 0 Å². The zero-order valence-corrected chi connectivity index (χ0v) is 31.2. The van der Waals surface area contributed by atoms with Gasteiger partial charge in [0.25, 0.3) is 10.1 Å². The number of aliphatic hydroxyl groups is 2. The highest BCUT2D eigenvalue weighted by atomic mass is 32.2. The monoisotopic (exact) mass is 676 g/mol. The van der Waals surface area contributed by atoms with Crippen LogP contribution >= 0.6 is 0 Å². The van der Waals surface area contributed by atoms with E-state index in [1.165, 1.54) is 141 Å². The minimum Gasteiger partial charge on any atom is -0.391 e. The molecule has 0 aromatic rings. The number of hydrogen-bond acceptors (Lipinski definition) is 5. The number of carbonyl (C=O) groups is 1. The molecule has 0 rings (SSSR count). The standard InChI is InChI=1S/C38H77NO6S/c1-3-5-7-9-11-13-15-16-17-18-19-20-21-23-25-27-29-31-33-37(41)38(42)39-35(34-46(43,44)45)36(40)32-30-28-26-24-22-14-12-10-8-6-4-2/h35-37,40-41H,3-34H2,1-2H3,(H,39,42)(H,43,44,45). The Labute approximate surface area is 285 Å². The first kappa shape index (κ1) is 45.3. The summed E-state index contributed by atoms with van der Waals surface area (Å²) in [7, 11) is -4.40. The van der Waals surface area contributed by atoms with E-state index >= 15 is 0 Å². The van der Waals surface area contributed by atoms with Crippen LogP contribution in [0.1, 0.15) is 213 Å². The molecule has 276 valence electrons. The van der Waals surface area contributed by atoms with Crippen LogP contribution in [0.15, 0.2) is 0 Å². The van der Waals surface area contributed by atoms with E-state index in [-0.39, 0.29) is 0 Å². The molecule has 4 N–H and O–H groups in total. The van der Waals surface area contributed by atoms with Crippen molar-refractivity contribution in [1.82, 2.24) is 5.32 Å². The first-order valence-corrected chi connectivity index (χ1v) is 21.4. The highest BCUT2D eigenvalue weighted by Gasteiger charge is 2.28. The minimum absolute atomic E-state index is 0.303. The minimum atomic E-state index is -4.40. The second-order valence-corrected chi connectivity index (χ2v) is 15.6. The SMILES string of the molecule is CCCCCCCCCCCCCCCCCCCCC(O)C(=O)NC(CS(=O)(=O)O)C(O)CCCCCCCCCCCCC. The third-order valence-corrected chi connectivity index (χ3v) is 10.2. The lowest BCUT2D eigenvalue weighted by atomic mass is 10.0. The summed E-state index contributed by atoms with van der Waals surface area (Å²) in [6, 6.07) is -1.14. The van der Waals surface area contributed by atoms with Crippen LogP contribution in [-0.2, 0) is 14.9 Å². The van der Waals surface area contributed by atoms with Gasteiger partial charge in [-0.05, 0) is 12.8 Å². The molecule has 0 aliphatic heterocycles. The van der Waals surface area contributed by atoms with Gasteiger partial charge in [-0.2, -0.15) is 8.42 Å². The molecule has 0 saturated carbocycles. The summed E-state index contributed by atoms with van der Waals surface area (Å²) >= 11 is 0. The molecule has 0 aliphatic rings. The van der Waals surface area contributed by atoms with Gasteiger partial charge in [-0.3, -0.25) is 9.35 Å². The summed E-state index contributed by atoms with van der Waals surface area (Å²) in [5.41, 5.74) is 0. The zero-order chi connectivity index (χ0) is 34.1. The largest absolute Gasteiger partial charge is 0.391 e. The third-order valence-electron chi connectivity index (χ3n) is 9.42. The number of unbranched alkanes of at least 4 members (excludes halogenated alkanes) is 27. The fourth-order valence-corrected chi connectivity index (χ4v) is 7.10. The molecule has 1 amide bonds. The summed E-state index contributed by atoms with van der Waals surface area (Å²) < 4.78 is 32.5. The quantitative estimate of drug-likeness (QED) is 0.0387. The molecule has 0 aromatic carbocycles. The first-order chi connectivity index (χ1) is 22.2. The number of nitrogens with one attached hydrogen (secondary N) is 1. The maximum absolute atomic E-state index is 12.6. The molecule has 3 atom stereocenters. The van der Waals surface area contributed by atoms with E-state index in [2.05, 4.69) is 19.2 Å². The molecule has 7 nitrogen and oxygen atoms in total. The molecule has 0 saturated heterocycles. The van der Waals surface area contributed by atoms with Crippen molar-refractivity contribution in [3.05, 3.63) is 0 Å². The number of carbonyl (C=O) groups excluding carboxylic acids is 1. The summed E-state index contributed by atoms with van der Waals surface area (Å²) in [6.07, 6.45) is 34.1. The van der Waals surface area contributed by atoms with Gasteiger partial charge in [0.1, 0.15) is 6.10 Å². The van der Waals surface area contributed by atoms with E-state index in [1.54, 1.807) is 0 Å². The molecule has 8 heteroatoms. The Kier molecular flexibility index (Phi) is 32.3. The molecule has 0 aliphatic carbocycles. The van der Waals surface area contributed by atoms with Gasteiger partial charge in [0.2, 0.25) is 5.91 Å². The van der Waals surface area contributed by atoms with Crippen LogP contribution < -0.4 is 5.32 Å². The van der Waals surface area contributed by atoms with Crippen LogP contribution in [0, 0.1) is 0 Å². The van der Waals surface area contributed by atoms with Crippen molar-refractivity contribution >= 4 is 16.0 Å². The van der Waals surface area contributed by atoms with Crippen LogP contribution in [0.25, 0.3) is 0 Å². The van der Waals surface area contributed by atoms with E-state index in [0.29, 0.717) is 12.8 Å². The molecular weight excluding hydrogens is 598 g/mol. The molecule has 0 fully saturated rings. The second-order valence-electron chi connectivity index (χ2n) is 14.1. The molecule has 3 unspecified atom stereocenters. The number of hydrogen-bond donors (Lipinski definition) is 4. The average Bonchev–Trinajstić information content (AvgIpc) is 3.01. The predicted octanol–water partition coefficient (Wildman–Crippen LogP) is 10.2. The van der Waals surface area contributed by atoms with Crippen molar-refractivity contribution in [2.24, 2.45) is 0 Å². The van der Waals surface area contributed by atoms with Crippen molar-refractivity contribution < 1.29 is 28.0 Å². The number of aliphatic hydroxyl groups excluding tert-OH is 2. The van der Waals surface area contributed by atoms with Gasteiger partial charge in [-0.15, -0.1) is 0 Å². The van der Waals surface area contributed by atoms with Crippen molar-refractivity contribution in [2.45, 2.75) is 231 Å². The van der Waals surface area contributed by atoms with Crippen molar-refractivity contribution in [3.8, 4) is 0 Å². The molecule has 0 heterocycles. The predicted molar refractivity (Wildman–Crippen MR) is 195 cm³/mol. The van der Waals surface area contributed by atoms with E-state index in [4.69, 9.17) is 0 Å². The molecule has 0 spiro atoms. The van der Waals surface area contributed by atoms with Crippen molar-refractivity contribution in [1.29, 1.82) is 0 Å². The molecule has 0 radical (unpaired) electrons. The fourth-order valence-electron chi connectivity index (χ4n) is 6.34. The van der Waals surface area contributed by atoms with Crippen molar-refractivity contribution in [3.63, 3.8) is 0 Å². The molecular formula is C38H77NO6S. The highest BCUT2D eigenvalue weighted by Crippen LogP contribution is 2.16. The van der Waals surface area contributed by atoms with Gasteiger partial charge in [0, 0.05) is 0 Å². The molecule has 0 aromatic heterocycles. The van der Waals surface area contributed by atoms with Crippen LogP contribution in [0.5, 0.6) is 0 Å². The topological polar surface area (TPSA) is 124 Å². The maximum Gasteiger partial charge on any atom is 0.266 e. The molecule has 0 bridgehead atoms. The Hall–Kier alpha value is -0.700. The number of rotatable bonds is 36. The lowest BCUT2D eigenvalue weighted by Gasteiger charge is -2.24. The van der Waals surface area contributed by atoms with Gasteiger partial charge < -0.3 is 15.5 Å². The maximum atomic E-state index is 12.6. The van der Waals surface area contributed by atoms with Crippen LogP contribution in [0.4, 0.5) is 0 Å². The van der Waals surface area contributed by atoms with Gasteiger partial charge in [0.15, 0.2) is 0 Å². The third kappa shape index (κ3) is 31.9. The van der Waals surface area contributed by atoms with E-state index in [0.717, 1.165) is 44.9 Å². The van der Waals surface area contributed by atoms with Gasteiger partial charge >= 0.3 is 0 Å². The summed E-state index contributed by atoms with van der Waals surface area (Å²) in [6.45, 7) is 4.49. The van der Waals surface area contributed by atoms with Crippen LogP contribution in [0.3, 0.4) is 0 Å². The highest BCUT2D eigenvalue weighted by molar-refractivity contribution is 7.85. The normalized spacial score (nSPS) is 13.9. The van der Waals surface area contributed by atoms with E-state index in [1.807, 2.05) is 0 Å². The first-order valence-electron chi connectivity index (χ1n) is 19.8.